The molecule has 0 unspecified atom stereocenters. The van der Waals surface area contributed by atoms with E-state index in [9.17, 15) is 14.3 Å². The fourth-order valence-electron chi connectivity index (χ4n) is 2.02. The second-order valence-electron chi connectivity index (χ2n) is 4.37. The molecule has 5 nitrogen and oxygen atoms in total. The van der Waals surface area contributed by atoms with E-state index in [2.05, 4.69) is 15.9 Å². The highest BCUT2D eigenvalue weighted by molar-refractivity contribution is 9.10. The maximum absolute atomic E-state index is 12.3. The molecule has 0 spiro atoms. The van der Waals surface area contributed by atoms with Crippen LogP contribution < -0.4 is 0 Å². The lowest BCUT2D eigenvalue weighted by atomic mass is 10.1. The largest absolute Gasteiger partial charge is 0.377 e. The Labute approximate surface area is 122 Å². The van der Waals surface area contributed by atoms with Crippen LogP contribution in [-0.2, 0) is 15.5 Å². The zero-order valence-electron chi connectivity index (χ0n) is 10.2. The number of rotatable bonds is 4. The summed E-state index contributed by atoms with van der Waals surface area (Å²) in [6.07, 6.45) is 2.90. The van der Waals surface area contributed by atoms with E-state index in [4.69, 9.17) is 4.74 Å². The Bertz CT molecular complexity index is 503. The number of ether oxygens (including phenoxy) is 1. The molecule has 19 heavy (non-hydrogen) atoms. The lowest BCUT2D eigenvalue weighted by Crippen LogP contribution is -2.25. The maximum Gasteiger partial charge on any atom is 0.286 e. The summed E-state index contributed by atoms with van der Waals surface area (Å²) in [5, 5.41) is 11.0. The average molecular weight is 348 g/mol. The van der Waals surface area contributed by atoms with E-state index in [0.29, 0.717) is 16.8 Å². The van der Waals surface area contributed by atoms with Gasteiger partial charge >= 0.3 is 0 Å². The van der Waals surface area contributed by atoms with Crippen LogP contribution in [-0.4, -0.2) is 27.6 Å². The van der Waals surface area contributed by atoms with E-state index in [-0.39, 0.29) is 16.7 Å². The standard InChI is InChI=1S/C12H14BrNO4S/c13-9-4-5-12(11(7-9)14(15)16)19(17)8-10-3-1-2-6-18-10/h4-5,7,10H,1-3,6,8H2/t10-,19-/m1/s1. The molecular formula is C12H14BrNO4S. The first-order valence-electron chi connectivity index (χ1n) is 6.02. The van der Waals surface area contributed by atoms with Crippen LogP contribution in [0.25, 0.3) is 0 Å². The van der Waals surface area contributed by atoms with Crippen molar-refractivity contribution in [2.24, 2.45) is 0 Å². The quantitative estimate of drug-likeness (QED) is 0.620. The Morgan fingerprint density at radius 2 is 2.26 bits per heavy atom. The number of nitrogens with zero attached hydrogens (tertiary/aromatic N) is 1. The topological polar surface area (TPSA) is 69.4 Å². The summed E-state index contributed by atoms with van der Waals surface area (Å²) in [7, 11) is -1.41. The highest BCUT2D eigenvalue weighted by Gasteiger charge is 2.23. The monoisotopic (exact) mass is 347 g/mol. The summed E-state index contributed by atoms with van der Waals surface area (Å²) < 4.78 is 18.4. The van der Waals surface area contributed by atoms with Gasteiger partial charge < -0.3 is 4.74 Å². The molecule has 1 aliphatic heterocycles. The van der Waals surface area contributed by atoms with Crippen molar-refractivity contribution in [1.82, 2.24) is 0 Å². The SMILES string of the molecule is O=[N+]([O-])c1cc(Br)ccc1[S@](=O)C[C@H]1CCCCO1. The van der Waals surface area contributed by atoms with Crippen molar-refractivity contribution in [3.63, 3.8) is 0 Å². The van der Waals surface area contributed by atoms with Crippen LogP contribution in [0, 0.1) is 10.1 Å². The van der Waals surface area contributed by atoms with Crippen molar-refractivity contribution in [2.75, 3.05) is 12.4 Å². The van der Waals surface area contributed by atoms with Crippen molar-refractivity contribution in [2.45, 2.75) is 30.3 Å². The summed E-state index contributed by atoms with van der Waals surface area (Å²) in [5.41, 5.74) is -0.108. The van der Waals surface area contributed by atoms with Gasteiger partial charge in [0.1, 0.15) is 4.90 Å². The number of hydrogen-bond donors (Lipinski definition) is 0. The van der Waals surface area contributed by atoms with Crippen LogP contribution in [0.15, 0.2) is 27.6 Å². The molecule has 0 saturated carbocycles. The predicted octanol–water partition coefficient (Wildman–Crippen LogP) is 3.03. The van der Waals surface area contributed by atoms with Crippen LogP contribution in [0.2, 0.25) is 0 Å². The van der Waals surface area contributed by atoms with E-state index < -0.39 is 15.7 Å². The minimum atomic E-state index is -1.41. The Kier molecular flexibility index (Phi) is 5.06. The molecule has 7 heteroatoms. The number of halogens is 1. The number of nitro groups is 1. The third kappa shape index (κ3) is 3.84. The number of hydrogen-bond acceptors (Lipinski definition) is 4. The second-order valence-corrected chi connectivity index (χ2v) is 6.75. The third-order valence-corrected chi connectivity index (χ3v) is 4.98. The first-order chi connectivity index (χ1) is 9.08. The van der Waals surface area contributed by atoms with Gasteiger partial charge in [-0.3, -0.25) is 14.3 Å². The van der Waals surface area contributed by atoms with Gasteiger partial charge in [-0.1, -0.05) is 15.9 Å². The van der Waals surface area contributed by atoms with Crippen LogP contribution in [0.3, 0.4) is 0 Å². The summed E-state index contributed by atoms with van der Waals surface area (Å²) >= 11 is 3.18. The molecule has 1 aromatic rings. The molecule has 1 aliphatic rings. The molecular weight excluding hydrogens is 334 g/mol. The fraction of sp³-hybridized carbons (Fsp3) is 0.500. The average Bonchev–Trinajstić information content (AvgIpc) is 2.39. The zero-order valence-corrected chi connectivity index (χ0v) is 12.6. The molecule has 1 saturated heterocycles. The van der Waals surface area contributed by atoms with Crippen LogP contribution >= 0.6 is 15.9 Å². The first-order valence-corrected chi connectivity index (χ1v) is 8.13. The van der Waals surface area contributed by atoms with Gasteiger partial charge in [0.15, 0.2) is 0 Å². The molecule has 2 rings (SSSR count). The van der Waals surface area contributed by atoms with E-state index in [1.54, 1.807) is 12.1 Å². The van der Waals surface area contributed by atoms with Crippen LogP contribution in [0.1, 0.15) is 19.3 Å². The van der Waals surface area contributed by atoms with Crippen molar-refractivity contribution in [1.29, 1.82) is 0 Å². The molecule has 0 aromatic heterocycles. The van der Waals surface area contributed by atoms with Gasteiger partial charge in [-0.25, -0.2) is 0 Å². The Morgan fingerprint density at radius 1 is 1.47 bits per heavy atom. The fourth-order valence-corrected chi connectivity index (χ4v) is 3.74. The van der Waals surface area contributed by atoms with Crippen molar-refractivity contribution < 1.29 is 13.9 Å². The van der Waals surface area contributed by atoms with E-state index in [1.165, 1.54) is 6.07 Å². The Balaban J connectivity index is 2.16. The predicted molar refractivity (Wildman–Crippen MR) is 75.7 cm³/mol. The Morgan fingerprint density at radius 3 is 2.89 bits per heavy atom. The molecule has 1 heterocycles. The van der Waals surface area contributed by atoms with Gasteiger partial charge in [0, 0.05) is 17.1 Å². The minimum absolute atomic E-state index is 0.0576. The second kappa shape index (κ2) is 6.58. The summed E-state index contributed by atoms with van der Waals surface area (Å²) in [6, 6.07) is 4.60. The van der Waals surface area contributed by atoms with Gasteiger partial charge in [0.2, 0.25) is 0 Å². The summed E-state index contributed by atoms with van der Waals surface area (Å²) in [6.45, 7) is 0.685. The number of nitro benzene ring substituents is 1. The molecule has 104 valence electrons. The minimum Gasteiger partial charge on any atom is -0.377 e. The normalized spacial score (nSPS) is 21.0. The molecule has 1 aromatic carbocycles. The summed E-state index contributed by atoms with van der Waals surface area (Å²) in [4.78, 5) is 10.8. The van der Waals surface area contributed by atoms with E-state index in [1.807, 2.05) is 0 Å². The van der Waals surface area contributed by atoms with E-state index in [0.717, 1.165) is 19.3 Å². The molecule has 0 bridgehead atoms. The Hall–Kier alpha value is -0.790. The maximum atomic E-state index is 12.3. The van der Waals surface area contributed by atoms with Gasteiger partial charge in [-0.15, -0.1) is 0 Å². The lowest BCUT2D eigenvalue weighted by molar-refractivity contribution is -0.387. The van der Waals surface area contributed by atoms with Crippen LogP contribution in [0.5, 0.6) is 0 Å². The van der Waals surface area contributed by atoms with Gasteiger partial charge in [-0.05, 0) is 31.4 Å². The molecule has 0 aliphatic carbocycles. The molecule has 2 atom stereocenters. The van der Waals surface area contributed by atoms with Gasteiger partial charge in [0.05, 0.1) is 27.6 Å². The van der Waals surface area contributed by atoms with Crippen LogP contribution in [0.4, 0.5) is 5.69 Å². The van der Waals surface area contributed by atoms with Crippen molar-refractivity contribution in [3.8, 4) is 0 Å². The third-order valence-electron chi connectivity index (χ3n) is 2.97. The number of benzene rings is 1. The van der Waals surface area contributed by atoms with Gasteiger partial charge in [0.25, 0.3) is 5.69 Å². The zero-order chi connectivity index (χ0) is 13.8. The molecule has 0 amide bonds. The molecule has 1 fully saturated rings. The smallest absolute Gasteiger partial charge is 0.286 e. The highest BCUT2D eigenvalue weighted by Crippen LogP contribution is 2.27. The lowest BCUT2D eigenvalue weighted by Gasteiger charge is -2.21. The van der Waals surface area contributed by atoms with Gasteiger partial charge in [-0.2, -0.15) is 0 Å². The first kappa shape index (κ1) is 14.6. The van der Waals surface area contributed by atoms with Crippen molar-refractivity contribution in [3.05, 3.63) is 32.8 Å². The molecule has 0 radical (unpaired) electrons. The van der Waals surface area contributed by atoms with Crippen molar-refractivity contribution >= 4 is 32.4 Å². The summed E-state index contributed by atoms with van der Waals surface area (Å²) in [5.74, 6) is 0.322. The van der Waals surface area contributed by atoms with E-state index >= 15 is 0 Å². The molecule has 0 N–H and O–H groups in total. The highest BCUT2D eigenvalue weighted by atomic mass is 79.9.